The van der Waals surface area contributed by atoms with E-state index >= 15 is 0 Å². The van der Waals surface area contributed by atoms with Gasteiger partial charge in [0.25, 0.3) is 0 Å². The predicted molar refractivity (Wildman–Crippen MR) is 176 cm³/mol. The summed E-state index contributed by atoms with van der Waals surface area (Å²) < 4.78 is 24.4. The predicted octanol–water partition coefficient (Wildman–Crippen LogP) is 7.10. The second-order valence-electron chi connectivity index (χ2n) is 15.2. The summed E-state index contributed by atoms with van der Waals surface area (Å²) >= 11 is 0. The van der Waals surface area contributed by atoms with E-state index < -0.39 is 30.9 Å². The van der Waals surface area contributed by atoms with E-state index in [1.54, 1.807) is 5.01 Å². The van der Waals surface area contributed by atoms with Crippen LogP contribution in [0.5, 0.6) is 0 Å². The standard InChI is InChI=1S/C32H64N4O5Si/c1-15-34-31(11,26(7)25(6)23(2)3)27(39-21-32(17-16-18-32)28(37)41-30(8,9)10)35-36(29(33)40-24(4)5)22-38-19-20-42(12,13)14/h15,23-27,33,35H,16-22H2,1-14H3/b33-29?,34-15-/t25-,26-,27-,31?/m0/s1. The van der Waals surface area contributed by atoms with Gasteiger partial charge in [-0.2, -0.15) is 5.43 Å². The van der Waals surface area contributed by atoms with E-state index in [0.717, 1.165) is 25.3 Å². The van der Waals surface area contributed by atoms with Crippen LogP contribution in [0.1, 0.15) is 95.4 Å². The van der Waals surface area contributed by atoms with Crippen molar-refractivity contribution in [3.63, 3.8) is 0 Å². The molecule has 0 spiro atoms. The van der Waals surface area contributed by atoms with Crippen molar-refractivity contribution in [1.29, 1.82) is 5.41 Å². The number of hydrogen-bond donors (Lipinski definition) is 2. The molecule has 0 aromatic rings. The molecule has 1 saturated carbocycles. The van der Waals surface area contributed by atoms with Crippen LogP contribution in [0.15, 0.2) is 4.99 Å². The first kappa shape index (κ1) is 38.5. The van der Waals surface area contributed by atoms with Crippen LogP contribution in [-0.2, 0) is 23.7 Å². The zero-order chi connectivity index (χ0) is 32.5. The Morgan fingerprint density at radius 2 is 1.69 bits per heavy atom. The van der Waals surface area contributed by atoms with Gasteiger partial charge in [0, 0.05) is 14.7 Å². The molecule has 1 rings (SSSR count). The summed E-state index contributed by atoms with van der Waals surface area (Å²) in [5.74, 6) is 0.630. The van der Waals surface area contributed by atoms with E-state index in [1.807, 2.05) is 47.8 Å². The Balaban J connectivity index is 3.45. The summed E-state index contributed by atoms with van der Waals surface area (Å²) in [7, 11) is -1.29. The van der Waals surface area contributed by atoms with Crippen LogP contribution in [-0.4, -0.2) is 74.7 Å². The average Bonchev–Trinajstić information content (AvgIpc) is 2.80. The minimum absolute atomic E-state index is 0.0514. The molecule has 4 atom stereocenters. The number of nitrogens with one attached hydrogen (secondary N) is 2. The highest BCUT2D eigenvalue weighted by molar-refractivity contribution is 6.76. The maximum atomic E-state index is 13.4. The molecule has 0 heterocycles. The average molecular weight is 613 g/mol. The smallest absolute Gasteiger partial charge is 0.314 e. The first-order valence-electron chi connectivity index (χ1n) is 15.9. The number of hydrogen-bond acceptors (Lipinski definition) is 8. The number of rotatable bonds is 17. The van der Waals surface area contributed by atoms with E-state index in [4.69, 9.17) is 29.3 Å². The number of carbonyl (C=O) groups is 1. The lowest BCUT2D eigenvalue weighted by atomic mass is 9.69. The van der Waals surface area contributed by atoms with Crippen LogP contribution in [0.3, 0.4) is 0 Å². The number of hydrazine groups is 1. The topological polar surface area (TPSA) is 105 Å². The summed E-state index contributed by atoms with van der Waals surface area (Å²) in [5.41, 5.74) is 1.44. The Morgan fingerprint density at radius 3 is 2.12 bits per heavy atom. The van der Waals surface area contributed by atoms with Gasteiger partial charge in [-0.1, -0.05) is 53.8 Å². The highest BCUT2D eigenvalue weighted by Crippen LogP contribution is 2.44. The number of esters is 1. The maximum Gasteiger partial charge on any atom is 0.314 e. The molecule has 1 unspecified atom stereocenters. The fraction of sp³-hybridized carbons (Fsp3) is 0.906. The van der Waals surface area contributed by atoms with Gasteiger partial charge in [0.2, 0.25) is 0 Å². The minimum Gasteiger partial charge on any atom is -0.462 e. The molecular formula is C32H64N4O5Si. The van der Waals surface area contributed by atoms with Crippen molar-refractivity contribution in [2.24, 2.45) is 28.2 Å². The van der Waals surface area contributed by atoms with Crippen LogP contribution in [0, 0.1) is 28.6 Å². The fourth-order valence-corrected chi connectivity index (χ4v) is 5.66. The molecule has 246 valence electrons. The number of aliphatic imine (C=N–C) groups is 1. The van der Waals surface area contributed by atoms with Crippen LogP contribution >= 0.6 is 0 Å². The molecule has 0 aromatic heterocycles. The third-order valence-electron chi connectivity index (χ3n) is 8.45. The van der Waals surface area contributed by atoms with Gasteiger partial charge in [-0.25, -0.2) is 5.01 Å². The van der Waals surface area contributed by atoms with E-state index in [9.17, 15) is 4.79 Å². The van der Waals surface area contributed by atoms with Gasteiger partial charge in [0.1, 0.15) is 24.1 Å². The molecule has 0 amide bonds. The van der Waals surface area contributed by atoms with Gasteiger partial charge in [0.15, 0.2) is 0 Å². The lowest BCUT2D eigenvalue weighted by molar-refractivity contribution is -0.186. The first-order valence-corrected chi connectivity index (χ1v) is 19.6. The quantitative estimate of drug-likeness (QED) is 0.0343. The van der Waals surface area contributed by atoms with Gasteiger partial charge < -0.3 is 18.9 Å². The van der Waals surface area contributed by atoms with E-state index in [1.165, 1.54) is 0 Å². The van der Waals surface area contributed by atoms with Crippen LogP contribution in [0.4, 0.5) is 0 Å². The minimum atomic E-state index is -1.29. The summed E-state index contributed by atoms with van der Waals surface area (Å²) in [6.45, 7) is 30.2. The number of nitrogens with zero attached hydrogens (tertiary/aromatic N) is 2. The molecule has 1 aliphatic carbocycles. The van der Waals surface area contributed by atoms with Crippen molar-refractivity contribution >= 4 is 26.3 Å². The Labute approximate surface area is 258 Å². The number of carbonyl (C=O) groups excluding carboxylic acids is 1. The maximum absolute atomic E-state index is 13.4. The third kappa shape index (κ3) is 11.9. The molecule has 0 saturated heterocycles. The van der Waals surface area contributed by atoms with E-state index in [-0.39, 0.29) is 37.4 Å². The molecule has 2 N–H and O–H groups in total. The monoisotopic (exact) mass is 612 g/mol. The van der Waals surface area contributed by atoms with Crippen molar-refractivity contribution in [3.8, 4) is 0 Å². The molecule has 42 heavy (non-hydrogen) atoms. The van der Waals surface area contributed by atoms with Crippen LogP contribution in [0.2, 0.25) is 25.7 Å². The first-order chi connectivity index (χ1) is 19.2. The fourth-order valence-electron chi connectivity index (χ4n) is 4.91. The van der Waals surface area contributed by atoms with Crippen molar-refractivity contribution in [2.45, 2.75) is 145 Å². The van der Waals surface area contributed by atoms with Gasteiger partial charge in [-0.05, 0) is 91.3 Å². The summed E-state index contributed by atoms with van der Waals surface area (Å²) in [5, 5.41) is 10.3. The molecule has 1 aliphatic rings. The van der Waals surface area contributed by atoms with Crippen LogP contribution in [0.25, 0.3) is 0 Å². The second kappa shape index (κ2) is 16.0. The molecule has 0 aliphatic heterocycles. The van der Waals surface area contributed by atoms with Gasteiger partial charge in [0.05, 0.1) is 18.1 Å². The van der Waals surface area contributed by atoms with Crippen molar-refractivity contribution in [2.75, 3.05) is 19.9 Å². The SMILES string of the molecule is C/C=N\C(C)([C@@H](NN(COCC[Si](C)(C)C)C(=N)OC(C)C)OCC1(C(=O)OC(C)(C)C)CCC1)[C@@H](C)[C@@H](C)C(C)C. The largest absolute Gasteiger partial charge is 0.462 e. The highest BCUT2D eigenvalue weighted by Gasteiger charge is 2.50. The van der Waals surface area contributed by atoms with Crippen molar-refractivity contribution < 1.29 is 23.7 Å². The van der Waals surface area contributed by atoms with Crippen LogP contribution < -0.4 is 5.43 Å². The van der Waals surface area contributed by atoms with E-state index in [0.29, 0.717) is 18.4 Å². The molecule has 0 radical (unpaired) electrons. The molecule has 0 bridgehead atoms. The summed E-state index contributed by atoms with van der Waals surface area (Å²) in [6, 6.07) is 0.961. The lowest BCUT2D eigenvalue weighted by Gasteiger charge is -2.47. The third-order valence-corrected chi connectivity index (χ3v) is 10.2. The Morgan fingerprint density at radius 1 is 1.10 bits per heavy atom. The molecule has 1 fully saturated rings. The Hall–Kier alpha value is -1.49. The highest BCUT2D eigenvalue weighted by atomic mass is 28.3. The summed E-state index contributed by atoms with van der Waals surface area (Å²) in [4.78, 5) is 18.4. The summed E-state index contributed by atoms with van der Waals surface area (Å²) in [6.07, 6.45) is 3.34. The number of ether oxygens (including phenoxy) is 4. The lowest BCUT2D eigenvalue weighted by Crippen LogP contribution is -2.62. The molecule has 9 nitrogen and oxygen atoms in total. The zero-order valence-electron chi connectivity index (χ0n) is 29.3. The molecule has 0 aromatic carbocycles. The van der Waals surface area contributed by atoms with Gasteiger partial charge >= 0.3 is 12.0 Å². The zero-order valence-corrected chi connectivity index (χ0v) is 30.3. The van der Waals surface area contributed by atoms with E-state index in [2.05, 4.69) is 59.7 Å². The van der Waals surface area contributed by atoms with Crippen molar-refractivity contribution in [1.82, 2.24) is 10.4 Å². The van der Waals surface area contributed by atoms with Gasteiger partial charge in [-0.15, -0.1) is 0 Å². The normalized spacial score (nSPS) is 19.2. The molecular weight excluding hydrogens is 548 g/mol. The Bertz CT molecular complexity index is 879. The molecule has 10 heteroatoms. The number of amidine groups is 1. The second-order valence-corrected chi connectivity index (χ2v) is 20.8. The Kier molecular flexibility index (Phi) is 14.7. The van der Waals surface area contributed by atoms with Crippen molar-refractivity contribution in [3.05, 3.63) is 0 Å². The van der Waals surface area contributed by atoms with Gasteiger partial charge in [-0.3, -0.25) is 15.2 Å².